The number of halogens is 1. The van der Waals surface area contributed by atoms with E-state index >= 15 is 0 Å². The van der Waals surface area contributed by atoms with Crippen molar-refractivity contribution in [1.82, 2.24) is 4.98 Å². The number of aromatic nitrogens is 1. The van der Waals surface area contributed by atoms with E-state index in [0.717, 1.165) is 12.3 Å². The summed E-state index contributed by atoms with van der Waals surface area (Å²) in [4.78, 5) is 14.3. The quantitative estimate of drug-likeness (QED) is 0.642. The summed E-state index contributed by atoms with van der Waals surface area (Å²) in [6, 6.07) is 0.0545. The van der Waals surface area contributed by atoms with Crippen LogP contribution in [-0.4, -0.2) is 33.8 Å². The van der Waals surface area contributed by atoms with Crippen LogP contribution in [-0.2, 0) is 0 Å². The molecule has 0 amide bonds. The minimum atomic E-state index is -1.33. The van der Waals surface area contributed by atoms with Crippen LogP contribution in [0, 0.1) is 18.2 Å². The Balaban J connectivity index is 3.04. The van der Waals surface area contributed by atoms with Crippen LogP contribution in [0.4, 0.5) is 10.2 Å². The highest BCUT2D eigenvalue weighted by Crippen LogP contribution is 2.14. The number of nitrogens with one attached hydrogen (secondary N) is 1. The highest BCUT2D eigenvalue weighted by Gasteiger charge is 2.15. The third-order valence-corrected chi connectivity index (χ3v) is 1.78. The summed E-state index contributed by atoms with van der Waals surface area (Å²) >= 11 is 0. The largest absolute Gasteiger partial charge is 0.478 e. The molecular weight excluding hydrogens is 215 g/mol. The van der Waals surface area contributed by atoms with E-state index in [9.17, 15) is 9.18 Å². The standard InChI is InChI=1S/C10H9FN2O3/c1-2-7(5-14)13-9-8(10(15)16)3-6(11)4-12-9/h1,3-4,7,14H,5H2,(H,12,13)(H,15,16). The summed E-state index contributed by atoms with van der Waals surface area (Å²) in [6.07, 6.45) is 5.93. The van der Waals surface area contributed by atoms with Gasteiger partial charge in [0, 0.05) is 0 Å². The summed E-state index contributed by atoms with van der Waals surface area (Å²) < 4.78 is 12.8. The first kappa shape index (κ1) is 11.9. The molecule has 1 aromatic heterocycles. The number of nitrogens with zero attached hydrogens (tertiary/aromatic N) is 1. The van der Waals surface area contributed by atoms with Crippen LogP contribution in [0.2, 0.25) is 0 Å². The average Bonchev–Trinajstić information content (AvgIpc) is 2.27. The third-order valence-electron chi connectivity index (χ3n) is 1.78. The predicted octanol–water partition coefficient (Wildman–Crippen LogP) is 0.325. The van der Waals surface area contributed by atoms with Crippen molar-refractivity contribution in [3.8, 4) is 12.3 Å². The van der Waals surface area contributed by atoms with E-state index < -0.39 is 17.8 Å². The van der Waals surface area contributed by atoms with Gasteiger partial charge >= 0.3 is 5.97 Å². The maximum Gasteiger partial charge on any atom is 0.339 e. The fraction of sp³-hybridized carbons (Fsp3) is 0.200. The molecule has 0 saturated carbocycles. The highest BCUT2D eigenvalue weighted by atomic mass is 19.1. The fourth-order valence-corrected chi connectivity index (χ4v) is 1.02. The number of terminal acetylenes is 1. The highest BCUT2D eigenvalue weighted by molar-refractivity contribution is 5.93. The molecule has 0 aliphatic heterocycles. The Morgan fingerprint density at radius 2 is 2.44 bits per heavy atom. The van der Waals surface area contributed by atoms with Crippen molar-refractivity contribution in [1.29, 1.82) is 0 Å². The molecule has 0 aliphatic rings. The van der Waals surface area contributed by atoms with Crippen LogP contribution < -0.4 is 5.32 Å². The van der Waals surface area contributed by atoms with Crippen molar-refractivity contribution in [2.45, 2.75) is 6.04 Å². The van der Waals surface area contributed by atoms with E-state index in [2.05, 4.69) is 16.2 Å². The van der Waals surface area contributed by atoms with Crippen LogP contribution in [0.1, 0.15) is 10.4 Å². The summed E-state index contributed by atoms with van der Waals surface area (Å²) in [5, 5.41) is 20.1. The van der Waals surface area contributed by atoms with Gasteiger partial charge in [0.1, 0.15) is 23.2 Å². The molecule has 1 rings (SSSR count). The lowest BCUT2D eigenvalue weighted by atomic mass is 10.2. The Labute approximate surface area is 90.9 Å². The van der Waals surface area contributed by atoms with E-state index in [4.69, 9.17) is 16.6 Å². The Hall–Kier alpha value is -2.13. The summed E-state index contributed by atoms with van der Waals surface area (Å²) in [6.45, 7) is -0.380. The topological polar surface area (TPSA) is 82.5 Å². The van der Waals surface area contributed by atoms with Crippen LogP contribution >= 0.6 is 0 Å². The number of aliphatic hydroxyl groups is 1. The third kappa shape index (κ3) is 2.68. The van der Waals surface area contributed by atoms with Crippen molar-refractivity contribution in [2.24, 2.45) is 0 Å². The molecule has 0 aliphatic carbocycles. The molecule has 0 radical (unpaired) electrons. The molecule has 0 aromatic carbocycles. The van der Waals surface area contributed by atoms with Gasteiger partial charge in [0.05, 0.1) is 12.8 Å². The maximum absolute atomic E-state index is 12.8. The molecule has 1 atom stereocenters. The molecular formula is C10H9FN2O3. The Morgan fingerprint density at radius 1 is 1.75 bits per heavy atom. The fourth-order valence-electron chi connectivity index (χ4n) is 1.02. The zero-order valence-corrected chi connectivity index (χ0v) is 8.14. The summed E-state index contributed by atoms with van der Waals surface area (Å²) in [5.41, 5.74) is -0.339. The number of rotatable bonds is 4. The predicted molar refractivity (Wildman–Crippen MR) is 54.5 cm³/mol. The van der Waals surface area contributed by atoms with Crippen molar-refractivity contribution in [3.63, 3.8) is 0 Å². The van der Waals surface area contributed by atoms with E-state index in [1.165, 1.54) is 0 Å². The first-order valence-electron chi connectivity index (χ1n) is 4.31. The van der Waals surface area contributed by atoms with Gasteiger partial charge in [-0.2, -0.15) is 0 Å². The monoisotopic (exact) mass is 224 g/mol. The molecule has 1 aromatic rings. The molecule has 6 heteroatoms. The summed E-state index contributed by atoms with van der Waals surface area (Å²) in [5.74, 6) is 0.0249. The van der Waals surface area contributed by atoms with E-state index in [1.54, 1.807) is 0 Å². The molecule has 1 unspecified atom stereocenters. The number of anilines is 1. The van der Waals surface area contributed by atoms with Gasteiger partial charge in [-0.1, -0.05) is 5.92 Å². The normalized spacial score (nSPS) is 11.6. The van der Waals surface area contributed by atoms with Crippen molar-refractivity contribution in [2.75, 3.05) is 11.9 Å². The van der Waals surface area contributed by atoms with Gasteiger partial charge < -0.3 is 15.5 Å². The van der Waals surface area contributed by atoms with Crippen LogP contribution in [0.5, 0.6) is 0 Å². The smallest absolute Gasteiger partial charge is 0.339 e. The van der Waals surface area contributed by atoms with Gasteiger partial charge in [0.2, 0.25) is 0 Å². The SMILES string of the molecule is C#CC(CO)Nc1ncc(F)cc1C(=O)O. The molecule has 1 heterocycles. The first-order valence-corrected chi connectivity index (χ1v) is 4.31. The van der Waals surface area contributed by atoms with Gasteiger partial charge in [-0.25, -0.2) is 14.2 Å². The lowest BCUT2D eigenvalue weighted by Crippen LogP contribution is -2.23. The maximum atomic E-state index is 12.8. The number of hydrogen-bond acceptors (Lipinski definition) is 4. The van der Waals surface area contributed by atoms with Crippen LogP contribution in [0.15, 0.2) is 12.3 Å². The molecule has 5 nitrogen and oxygen atoms in total. The Bertz CT molecular complexity index is 442. The van der Waals surface area contributed by atoms with Gasteiger partial charge in [0.25, 0.3) is 0 Å². The molecule has 0 saturated heterocycles. The van der Waals surface area contributed by atoms with E-state index in [-0.39, 0.29) is 18.0 Å². The minimum Gasteiger partial charge on any atom is -0.478 e. The second-order valence-corrected chi connectivity index (χ2v) is 2.90. The van der Waals surface area contributed by atoms with Gasteiger partial charge in [-0.3, -0.25) is 0 Å². The number of pyridine rings is 1. The van der Waals surface area contributed by atoms with Crippen molar-refractivity contribution < 1.29 is 19.4 Å². The van der Waals surface area contributed by atoms with Crippen LogP contribution in [0.25, 0.3) is 0 Å². The Kier molecular flexibility index (Phi) is 3.80. The molecule has 84 valence electrons. The zero-order valence-electron chi connectivity index (χ0n) is 8.14. The van der Waals surface area contributed by atoms with Gasteiger partial charge in [-0.05, 0) is 6.07 Å². The molecule has 0 bridgehead atoms. The Morgan fingerprint density at radius 3 is 2.94 bits per heavy atom. The van der Waals surface area contributed by atoms with E-state index in [1.807, 2.05) is 0 Å². The van der Waals surface area contributed by atoms with Crippen molar-refractivity contribution in [3.05, 3.63) is 23.6 Å². The number of carboxylic acid groups (broad SMARTS) is 1. The average molecular weight is 224 g/mol. The lowest BCUT2D eigenvalue weighted by Gasteiger charge is -2.12. The number of aromatic carboxylic acids is 1. The number of hydrogen-bond donors (Lipinski definition) is 3. The first-order chi connectivity index (χ1) is 7.58. The second kappa shape index (κ2) is 5.09. The van der Waals surface area contributed by atoms with Crippen LogP contribution in [0.3, 0.4) is 0 Å². The zero-order chi connectivity index (χ0) is 12.1. The molecule has 0 spiro atoms. The minimum absolute atomic E-state index is 0.0779. The van der Waals surface area contributed by atoms with Gasteiger partial charge in [-0.15, -0.1) is 6.42 Å². The summed E-state index contributed by atoms with van der Waals surface area (Å²) in [7, 11) is 0. The number of carboxylic acids is 1. The number of carbonyl (C=O) groups is 1. The van der Waals surface area contributed by atoms with Gasteiger partial charge in [0.15, 0.2) is 0 Å². The number of aliphatic hydroxyl groups excluding tert-OH is 1. The second-order valence-electron chi connectivity index (χ2n) is 2.90. The van der Waals surface area contributed by atoms with E-state index in [0.29, 0.717) is 0 Å². The molecule has 3 N–H and O–H groups in total. The molecule has 0 fully saturated rings. The van der Waals surface area contributed by atoms with Crippen molar-refractivity contribution >= 4 is 11.8 Å². The lowest BCUT2D eigenvalue weighted by molar-refractivity contribution is 0.0697. The molecule has 16 heavy (non-hydrogen) atoms.